The van der Waals surface area contributed by atoms with Crippen LogP contribution in [0.25, 0.3) is 22.3 Å². The molecule has 0 radical (unpaired) electrons. The van der Waals surface area contributed by atoms with Crippen LogP contribution in [0.3, 0.4) is 0 Å². The monoisotopic (exact) mass is 600 g/mol. The quantitative estimate of drug-likeness (QED) is 0.177. The smallest absolute Gasteiger partial charge is 0.416 e. The number of rotatable bonds is 10. The number of aryl methyl sites for hydroxylation is 1. The highest BCUT2D eigenvalue weighted by atomic mass is 35.5. The number of anilines is 1. The summed E-state index contributed by atoms with van der Waals surface area (Å²) in [6, 6.07) is 18.0. The number of hydrogen-bond acceptors (Lipinski definition) is 4. The molecule has 0 atom stereocenters. The average Bonchev–Trinajstić information content (AvgIpc) is 2.93. The van der Waals surface area contributed by atoms with Gasteiger partial charge in [0, 0.05) is 42.4 Å². The number of alkyl halides is 3. The lowest BCUT2D eigenvalue weighted by molar-refractivity contribution is -0.138. The lowest BCUT2D eigenvalue weighted by Gasteiger charge is -2.18. The van der Waals surface area contributed by atoms with Gasteiger partial charge in [-0.05, 0) is 72.0 Å². The number of carbonyl (C=O) groups is 2. The van der Waals surface area contributed by atoms with E-state index in [0.717, 1.165) is 28.9 Å². The fourth-order valence-electron chi connectivity index (χ4n) is 4.40. The van der Waals surface area contributed by atoms with Crippen molar-refractivity contribution >= 4 is 40.6 Å². The molecule has 4 aromatic rings. The van der Waals surface area contributed by atoms with Crippen LogP contribution in [0.2, 0.25) is 10.0 Å². The number of halogens is 5. The molecule has 0 saturated heterocycles. The van der Waals surface area contributed by atoms with E-state index in [4.69, 9.17) is 28.3 Å². The van der Waals surface area contributed by atoms with Crippen molar-refractivity contribution in [1.82, 2.24) is 4.98 Å². The van der Waals surface area contributed by atoms with Crippen LogP contribution in [0, 0.1) is 6.92 Å². The molecule has 0 amide bonds. The van der Waals surface area contributed by atoms with Gasteiger partial charge in [-0.25, -0.2) is 0 Å². The molecule has 2 N–H and O–H groups in total. The number of pyridine rings is 1. The molecule has 4 rings (SSSR count). The molecule has 0 spiro atoms. The van der Waals surface area contributed by atoms with Crippen molar-refractivity contribution < 1.29 is 27.9 Å². The van der Waals surface area contributed by atoms with Crippen LogP contribution in [0.1, 0.15) is 46.4 Å². The zero-order valence-corrected chi connectivity index (χ0v) is 23.4. The first-order valence-corrected chi connectivity index (χ1v) is 13.4. The van der Waals surface area contributed by atoms with Gasteiger partial charge in [-0.2, -0.15) is 13.2 Å². The molecular formula is C31H25Cl2F3N2O3. The number of ketones is 1. The molecule has 1 heterocycles. The second-order valence-electron chi connectivity index (χ2n) is 9.45. The fourth-order valence-corrected chi connectivity index (χ4v) is 4.81. The van der Waals surface area contributed by atoms with Gasteiger partial charge < -0.3 is 10.4 Å². The topological polar surface area (TPSA) is 79.3 Å². The summed E-state index contributed by atoms with van der Waals surface area (Å²) in [7, 11) is 0. The van der Waals surface area contributed by atoms with E-state index in [1.165, 1.54) is 12.3 Å². The second-order valence-corrected chi connectivity index (χ2v) is 10.2. The Labute approximate surface area is 245 Å². The summed E-state index contributed by atoms with van der Waals surface area (Å²) in [4.78, 5) is 27.2. The van der Waals surface area contributed by atoms with Crippen LogP contribution in [-0.4, -0.2) is 21.8 Å². The maximum Gasteiger partial charge on any atom is 0.416 e. The summed E-state index contributed by atoms with van der Waals surface area (Å²) < 4.78 is 41.1. The first-order chi connectivity index (χ1) is 19.4. The van der Waals surface area contributed by atoms with Gasteiger partial charge in [0.05, 0.1) is 15.6 Å². The summed E-state index contributed by atoms with van der Waals surface area (Å²) in [6.07, 6.45) is -3.13. The normalized spacial score (nSPS) is 11.4. The van der Waals surface area contributed by atoms with Crippen molar-refractivity contribution in [3.05, 3.63) is 105 Å². The number of carbonyl (C=O) groups excluding carboxylic acids is 1. The number of nitrogens with one attached hydrogen (secondary N) is 1. The van der Waals surface area contributed by atoms with Crippen molar-refractivity contribution in [2.45, 2.75) is 38.9 Å². The average molecular weight is 601 g/mol. The van der Waals surface area contributed by atoms with E-state index >= 15 is 0 Å². The molecule has 0 bridgehead atoms. The van der Waals surface area contributed by atoms with Crippen molar-refractivity contribution in [3.63, 3.8) is 0 Å². The third-order valence-electron chi connectivity index (χ3n) is 6.57. The van der Waals surface area contributed by atoms with Crippen LogP contribution < -0.4 is 5.32 Å². The zero-order chi connectivity index (χ0) is 29.7. The van der Waals surface area contributed by atoms with E-state index in [9.17, 15) is 22.8 Å². The second kappa shape index (κ2) is 12.7. The molecule has 3 aromatic carbocycles. The molecule has 0 aliphatic carbocycles. The Morgan fingerprint density at radius 1 is 0.927 bits per heavy atom. The molecule has 0 fully saturated rings. The van der Waals surface area contributed by atoms with Crippen LogP contribution >= 0.6 is 23.2 Å². The number of nitrogens with zero attached hydrogens (tertiary/aromatic N) is 1. The van der Waals surface area contributed by atoms with Gasteiger partial charge in [0.1, 0.15) is 5.69 Å². The largest absolute Gasteiger partial charge is 0.481 e. The van der Waals surface area contributed by atoms with Crippen LogP contribution in [0.5, 0.6) is 0 Å². The standard InChI is InChI=1S/C31H25Cl2F3N2O3/c1-18-14-21(31(34,35)36)15-24(20-10-13-27(38-16-20)28(39)6-3-7-29(40)41)25(18)17-37-22-11-8-19(9-12-22)23-4-2-5-26(32)30(23)33/h2,4-5,8-16,37H,3,6-7,17H2,1H3,(H,40,41). The Hall–Kier alpha value is -3.88. The van der Waals surface area contributed by atoms with Crippen LogP contribution in [-0.2, 0) is 17.5 Å². The highest BCUT2D eigenvalue weighted by Gasteiger charge is 2.32. The van der Waals surface area contributed by atoms with Crippen LogP contribution in [0.15, 0.2) is 72.9 Å². The predicted octanol–water partition coefficient (Wildman–Crippen LogP) is 9.10. The molecule has 10 heteroatoms. The van der Waals surface area contributed by atoms with E-state index in [2.05, 4.69) is 10.3 Å². The first-order valence-electron chi connectivity index (χ1n) is 12.6. The Morgan fingerprint density at radius 2 is 1.63 bits per heavy atom. The Bertz CT molecular complexity index is 1570. The molecule has 1 aromatic heterocycles. The SMILES string of the molecule is Cc1cc(C(F)(F)F)cc(-c2ccc(C(=O)CCCC(=O)O)nc2)c1CNc1ccc(-c2cccc(Cl)c2Cl)cc1. The molecule has 0 unspecified atom stereocenters. The van der Waals surface area contributed by atoms with Gasteiger partial charge in [-0.15, -0.1) is 0 Å². The number of aliphatic carboxylic acids is 1. The van der Waals surface area contributed by atoms with Crippen LogP contribution in [0.4, 0.5) is 18.9 Å². The Balaban J connectivity index is 1.59. The first kappa shape index (κ1) is 30.1. The molecule has 0 aliphatic heterocycles. The van der Waals surface area contributed by atoms with Crippen molar-refractivity contribution in [2.75, 3.05) is 5.32 Å². The molecular weight excluding hydrogens is 576 g/mol. The fraction of sp³-hybridized carbons (Fsp3) is 0.194. The number of carboxylic acids is 1. The third kappa shape index (κ3) is 7.45. The predicted molar refractivity (Wildman–Crippen MR) is 154 cm³/mol. The number of hydrogen-bond donors (Lipinski definition) is 2. The number of aromatic nitrogens is 1. The molecule has 0 aliphatic rings. The summed E-state index contributed by atoms with van der Waals surface area (Å²) >= 11 is 12.5. The highest BCUT2D eigenvalue weighted by Crippen LogP contribution is 2.37. The third-order valence-corrected chi connectivity index (χ3v) is 7.39. The van der Waals surface area contributed by atoms with Gasteiger partial charge in [-0.1, -0.05) is 53.5 Å². The minimum Gasteiger partial charge on any atom is -0.481 e. The summed E-state index contributed by atoms with van der Waals surface area (Å²) in [5, 5.41) is 12.9. The van der Waals surface area contributed by atoms with Gasteiger partial charge in [0.15, 0.2) is 5.78 Å². The lowest BCUT2D eigenvalue weighted by atomic mass is 9.93. The summed E-state index contributed by atoms with van der Waals surface area (Å²) in [6.45, 7) is 1.85. The van der Waals surface area contributed by atoms with E-state index in [0.29, 0.717) is 32.3 Å². The highest BCUT2D eigenvalue weighted by molar-refractivity contribution is 6.43. The van der Waals surface area contributed by atoms with E-state index in [1.54, 1.807) is 25.1 Å². The Morgan fingerprint density at radius 3 is 2.27 bits per heavy atom. The number of benzene rings is 3. The minimum absolute atomic E-state index is 0.0127. The van der Waals surface area contributed by atoms with E-state index < -0.39 is 17.7 Å². The number of carboxylic acid groups (broad SMARTS) is 1. The summed E-state index contributed by atoms with van der Waals surface area (Å²) in [5.74, 6) is -1.33. The maximum absolute atomic E-state index is 13.7. The van der Waals surface area contributed by atoms with Gasteiger partial charge in [-0.3, -0.25) is 14.6 Å². The van der Waals surface area contributed by atoms with Gasteiger partial charge in [0.2, 0.25) is 0 Å². The lowest BCUT2D eigenvalue weighted by Crippen LogP contribution is -2.10. The van der Waals surface area contributed by atoms with Crippen molar-refractivity contribution in [2.24, 2.45) is 0 Å². The molecule has 5 nitrogen and oxygen atoms in total. The molecule has 0 saturated carbocycles. The molecule has 41 heavy (non-hydrogen) atoms. The van der Waals surface area contributed by atoms with E-state index in [1.807, 2.05) is 30.3 Å². The molecule has 212 valence electrons. The maximum atomic E-state index is 13.7. The van der Waals surface area contributed by atoms with Gasteiger partial charge >= 0.3 is 12.1 Å². The zero-order valence-electron chi connectivity index (χ0n) is 21.9. The van der Waals surface area contributed by atoms with Gasteiger partial charge in [0.25, 0.3) is 0 Å². The summed E-state index contributed by atoms with van der Waals surface area (Å²) in [5.41, 5.74) is 3.57. The minimum atomic E-state index is -4.55. The number of Topliss-reactive ketones (excluding diaryl/α,β-unsaturated/α-hetero) is 1. The Kier molecular flexibility index (Phi) is 9.35. The van der Waals surface area contributed by atoms with Crippen molar-refractivity contribution in [1.29, 1.82) is 0 Å². The van der Waals surface area contributed by atoms with E-state index in [-0.39, 0.29) is 37.3 Å². The van der Waals surface area contributed by atoms with Crippen molar-refractivity contribution in [3.8, 4) is 22.3 Å².